The smallest absolute Gasteiger partial charge is 0.246 e. The Morgan fingerprint density at radius 2 is 2.00 bits per heavy atom. The first-order valence-electron chi connectivity index (χ1n) is 15.7. The Labute approximate surface area is 252 Å². The van der Waals surface area contributed by atoms with Crippen molar-refractivity contribution in [3.8, 4) is 23.1 Å². The average Bonchev–Trinajstić information content (AvgIpc) is 3.58. The van der Waals surface area contributed by atoms with Crippen molar-refractivity contribution in [1.29, 1.82) is 5.26 Å². The number of nitrogens with zero attached hydrogens (tertiary/aromatic N) is 5. The number of likely N-dealkylation sites (tertiary alicyclic amines) is 2. The van der Waals surface area contributed by atoms with Crippen LogP contribution in [-0.2, 0) is 24.1 Å². The zero-order valence-corrected chi connectivity index (χ0v) is 24.8. The van der Waals surface area contributed by atoms with Crippen molar-refractivity contribution in [3.63, 3.8) is 0 Å². The van der Waals surface area contributed by atoms with Gasteiger partial charge in [0.2, 0.25) is 11.8 Å². The SMILES string of the molecule is C=CC(=O)N1CC[C@@H]2[C@H]1CN2c1c(CC#N)c(OC[C@@H]2CCCN2C)nc2c(F)c(-c3cccc4c3CCCC4)ccc12. The van der Waals surface area contributed by atoms with Gasteiger partial charge in [0, 0.05) is 30.1 Å². The van der Waals surface area contributed by atoms with E-state index < -0.39 is 0 Å². The van der Waals surface area contributed by atoms with Crippen molar-refractivity contribution in [2.45, 2.75) is 69.5 Å². The van der Waals surface area contributed by atoms with Gasteiger partial charge in [-0.05, 0) is 87.4 Å². The molecule has 4 heterocycles. The topological polar surface area (TPSA) is 72.7 Å². The Bertz CT molecular complexity index is 1650. The molecular formula is C35H38FN5O2. The van der Waals surface area contributed by atoms with Gasteiger partial charge in [-0.2, -0.15) is 5.26 Å². The summed E-state index contributed by atoms with van der Waals surface area (Å²) >= 11 is 0. The van der Waals surface area contributed by atoms with Crippen molar-refractivity contribution in [2.24, 2.45) is 0 Å². The Hall–Kier alpha value is -3.96. The minimum atomic E-state index is -0.351. The number of aromatic nitrogens is 1. The summed E-state index contributed by atoms with van der Waals surface area (Å²) in [7, 11) is 2.10. The van der Waals surface area contributed by atoms with Crippen LogP contribution >= 0.6 is 0 Å². The van der Waals surface area contributed by atoms with E-state index in [1.54, 1.807) is 0 Å². The largest absolute Gasteiger partial charge is 0.476 e. The highest BCUT2D eigenvalue weighted by atomic mass is 19.1. The molecule has 1 aromatic heterocycles. The number of pyridine rings is 1. The summed E-state index contributed by atoms with van der Waals surface area (Å²) in [6, 6.07) is 12.8. The molecule has 3 saturated heterocycles. The lowest BCUT2D eigenvalue weighted by molar-refractivity contribution is -0.127. The van der Waals surface area contributed by atoms with Crippen LogP contribution in [0.5, 0.6) is 5.88 Å². The summed E-state index contributed by atoms with van der Waals surface area (Å²) in [5, 5.41) is 10.6. The number of carbonyl (C=O) groups excluding carboxylic acids is 1. The lowest BCUT2D eigenvalue weighted by Crippen LogP contribution is -2.63. The first kappa shape index (κ1) is 27.8. The number of halogens is 1. The zero-order valence-electron chi connectivity index (χ0n) is 24.8. The van der Waals surface area contributed by atoms with Gasteiger partial charge < -0.3 is 19.4 Å². The van der Waals surface area contributed by atoms with E-state index in [0.717, 1.165) is 62.7 Å². The van der Waals surface area contributed by atoms with E-state index in [1.165, 1.54) is 17.2 Å². The number of nitriles is 1. The molecule has 3 fully saturated rings. The minimum Gasteiger partial charge on any atom is -0.476 e. The molecule has 2 aromatic carbocycles. The van der Waals surface area contributed by atoms with E-state index >= 15 is 4.39 Å². The fourth-order valence-electron chi connectivity index (χ4n) is 7.86. The molecule has 1 aliphatic carbocycles. The lowest BCUT2D eigenvalue weighted by Gasteiger charge is -2.49. The van der Waals surface area contributed by atoms with E-state index in [9.17, 15) is 10.1 Å². The summed E-state index contributed by atoms with van der Waals surface area (Å²) in [5.41, 5.74) is 5.83. The molecule has 3 aliphatic heterocycles. The van der Waals surface area contributed by atoms with E-state index in [2.05, 4.69) is 35.6 Å². The molecule has 0 unspecified atom stereocenters. The molecule has 0 radical (unpaired) electrons. The quantitative estimate of drug-likeness (QED) is 0.348. The van der Waals surface area contributed by atoms with Crippen molar-refractivity contribution >= 4 is 22.5 Å². The number of likely N-dealkylation sites (N-methyl/N-ethyl adjacent to an activating group) is 1. The monoisotopic (exact) mass is 579 g/mol. The van der Waals surface area contributed by atoms with E-state index in [-0.39, 0.29) is 41.8 Å². The normalized spacial score (nSPS) is 23.0. The van der Waals surface area contributed by atoms with Gasteiger partial charge in [-0.3, -0.25) is 4.79 Å². The van der Waals surface area contributed by atoms with E-state index in [1.807, 2.05) is 29.2 Å². The number of fused-ring (bicyclic) bond motifs is 3. The van der Waals surface area contributed by atoms with E-state index in [0.29, 0.717) is 42.1 Å². The third-order valence-electron chi connectivity index (χ3n) is 10.2. The van der Waals surface area contributed by atoms with Gasteiger partial charge in [-0.1, -0.05) is 30.8 Å². The zero-order chi connectivity index (χ0) is 29.7. The van der Waals surface area contributed by atoms with Crippen LogP contribution in [0, 0.1) is 17.1 Å². The first-order chi connectivity index (χ1) is 21.0. The Balaban J connectivity index is 1.36. The van der Waals surface area contributed by atoms with Crippen LogP contribution in [-0.4, -0.2) is 72.1 Å². The average molecular weight is 580 g/mol. The number of carbonyl (C=O) groups is 1. The predicted octanol–water partition coefficient (Wildman–Crippen LogP) is 5.43. The highest BCUT2D eigenvalue weighted by molar-refractivity contribution is 5.98. The Kier molecular flexibility index (Phi) is 7.30. The molecule has 7 nitrogen and oxygen atoms in total. The summed E-state index contributed by atoms with van der Waals surface area (Å²) in [6.07, 6.45) is 8.67. The van der Waals surface area contributed by atoms with Gasteiger partial charge in [-0.15, -0.1) is 0 Å². The summed E-state index contributed by atoms with van der Waals surface area (Å²) in [4.78, 5) is 23.8. The van der Waals surface area contributed by atoms with Crippen LogP contribution in [0.15, 0.2) is 43.0 Å². The summed E-state index contributed by atoms with van der Waals surface area (Å²) in [6.45, 7) is 6.40. The van der Waals surface area contributed by atoms with E-state index in [4.69, 9.17) is 9.72 Å². The second kappa shape index (κ2) is 11.3. The van der Waals surface area contributed by atoms with Crippen LogP contribution in [0.2, 0.25) is 0 Å². The number of rotatable bonds is 7. The Morgan fingerprint density at radius 3 is 2.79 bits per heavy atom. The molecule has 4 aliphatic rings. The molecule has 0 spiro atoms. The molecule has 3 aromatic rings. The predicted molar refractivity (Wildman–Crippen MR) is 166 cm³/mol. The van der Waals surface area contributed by atoms with Crippen LogP contribution < -0.4 is 9.64 Å². The van der Waals surface area contributed by atoms with Gasteiger partial charge in [0.1, 0.15) is 12.1 Å². The number of ether oxygens (including phenoxy) is 1. The maximum atomic E-state index is 16.8. The third kappa shape index (κ3) is 4.65. The van der Waals surface area contributed by atoms with Crippen LogP contribution in [0.1, 0.15) is 48.8 Å². The number of amides is 1. The molecule has 7 rings (SSSR count). The molecule has 43 heavy (non-hydrogen) atoms. The molecule has 222 valence electrons. The fraction of sp³-hybridized carbons (Fsp3) is 0.457. The minimum absolute atomic E-state index is 0.0597. The molecule has 1 amide bonds. The van der Waals surface area contributed by atoms with Crippen molar-refractivity contribution in [2.75, 3.05) is 38.2 Å². The second-order valence-electron chi connectivity index (χ2n) is 12.5. The molecule has 8 heteroatoms. The van der Waals surface area contributed by atoms with Gasteiger partial charge in [0.15, 0.2) is 5.82 Å². The van der Waals surface area contributed by atoms with Crippen LogP contribution in [0.25, 0.3) is 22.0 Å². The maximum Gasteiger partial charge on any atom is 0.246 e. The maximum absolute atomic E-state index is 16.8. The van der Waals surface area contributed by atoms with Crippen molar-refractivity contribution in [3.05, 3.63) is 65.5 Å². The summed E-state index contributed by atoms with van der Waals surface area (Å²) < 4.78 is 23.2. The molecule has 3 atom stereocenters. The molecular weight excluding hydrogens is 541 g/mol. The van der Waals surface area contributed by atoms with Crippen molar-refractivity contribution < 1.29 is 13.9 Å². The number of anilines is 1. The number of benzene rings is 2. The fourth-order valence-corrected chi connectivity index (χ4v) is 7.86. The Morgan fingerprint density at radius 1 is 1.14 bits per heavy atom. The molecule has 0 saturated carbocycles. The number of hydrogen-bond donors (Lipinski definition) is 0. The molecule has 0 N–H and O–H groups in total. The standard InChI is InChI=1S/C35H38FN5O2/c1-3-31(42)40-19-16-29-30(40)20-41(29)34-27-14-13-26(25-12-6-9-22-8-4-5-11-24(22)25)32(36)33(27)38-35(28(34)15-17-37)43-21-23-10-7-18-39(23)2/h3,6,9,12-14,23,29-30H,1,4-5,7-8,10-11,15-16,18-21H2,2H3/t23-,29+,30+/m0/s1. The van der Waals surface area contributed by atoms with Crippen molar-refractivity contribution in [1.82, 2.24) is 14.8 Å². The highest BCUT2D eigenvalue weighted by Gasteiger charge is 2.49. The second-order valence-corrected chi connectivity index (χ2v) is 12.5. The number of aryl methyl sites for hydroxylation is 1. The van der Waals surface area contributed by atoms with Gasteiger partial charge in [0.25, 0.3) is 0 Å². The highest BCUT2D eigenvalue weighted by Crippen LogP contribution is 2.46. The number of hydrogen-bond acceptors (Lipinski definition) is 6. The first-order valence-corrected chi connectivity index (χ1v) is 15.7. The third-order valence-corrected chi connectivity index (χ3v) is 10.2. The van der Waals surface area contributed by atoms with Gasteiger partial charge >= 0.3 is 0 Å². The molecule has 0 bridgehead atoms. The van der Waals surface area contributed by atoms with Crippen LogP contribution in [0.4, 0.5) is 10.1 Å². The van der Waals surface area contributed by atoms with Gasteiger partial charge in [-0.25, -0.2) is 9.37 Å². The lowest BCUT2D eigenvalue weighted by atomic mass is 9.85. The van der Waals surface area contributed by atoms with Crippen LogP contribution in [0.3, 0.4) is 0 Å². The van der Waals surface area contributed by atoms with Gasteiger partial charge in [0.05, 0.1) is 35.8 Å². The summed E-state index contributed by atoms with van der Waals surface area (Å²) in [5.74, 6) is -0.0671.